The predicted molar refractivity (Wildman–Crippen MR) is 37.3 cm³/mol. The van der Waals surface area contributed by atoms with E-state index in [0.29, 0.717) is 6.42 Å². The fourth-order valence-electron chi connectivity index (χ4n) is 0.774. The van der Waals surface area contributed by atoms with Gasteiger partial charge in [-0.1, -0.05) is 0 Å². The molecule has 0 saturated carbocycles. The number of rotatable bonds is 2. The Kier molecular flexibility index (Phi) is 2.37. The van der Waals surface area contributed by atoms with Crippen molar-refractivity contribution in [3.8, 4) is 0 Å². The lowest BCUT2D eigenvalue weighted by atomic mass is 10.1. The maximum atomic E-state index is 12.3. The van der Waals surface area contributed by atoms with Gasteiger partial charge in [-0.05, 0) is 18.6 Å². The summed E-state index contributed by atoms with van der Waals surface area (Å²) in [5.41, 5.74) is 0.880. The molecule has 53 valence electrons. The second-order valence-corrected chi connectivity index (χ2v) is 2.25. The second kappa shape index (κ2) is 3.30. The molecule has 0 saturated heterocycles. The SMILES string of the molecule is CC(F)Cc1[c]cncc1. The van der Waals surface area contributed by atoms with E-state index in [2.05, 4.69) is 11.1 Å². The molecule has 1 radical (unpaired) electrons. The summed E-state index contributed by atoms with van der Waals surface area (Å²) >= 11 is 0. The molecule has 2 heteroatoms. The van der Waals surface area contributed by atoms with Gasteiger partial charge in [0.05, 0.1) is 0 Å². The lowest BCUT2D eigenvalue weighted by Crippen LogP contribution is -1.97. The van der Waals surface area contributed by atoms with Gasteiger partial charge in [0.1, 0.15) is 6.17 Å². The first-order valence-corrected chi connectivity index (χ1v) is 3.23. The molecule has 0 aromatic carbocycles. The van der Waals surface area contributed by atoms with Crippen molar-refractivity contribution < 1.29 is 4.39 Å². The van der Waals surface area contributed by atoms with E-state index in [1.54, 1.807) is 18.5 Å². The van der Waals surface area contributed by atoms with Gasteiger partial charge in [0, 0.05) is 24.9 Å². The Morgan fingerprint density at radius 1 is 1.80 bits per heavy atom. The summed E-state index contributed by atoms with van der Waals surface area (Å²) in [5.74, 6) is 0. The van der Waals surface area contributed by atoms with Crippen LogP contribution in [0.5, 0.6) is 0 Å². The summed E-state index contributed by atoms with van der Waals surface area (Å²) < 4.78 is 12.3. The van der Waals surface area contributed by atoms with E-state index in [9.17, 15) is 4.39 Å². The van der Waals surface area contributed by atoms with Gasteiger partial charge in [0.15, 0.2) is 0 Å². The molecule has 1 aromatic heterocycles. The van der Waals surface area contributed by atoms with Crippen molar-refractivity contribution in [2.75, 3.05) is 0 Å². The molecule has 0 N–H and O–H groups in total. The molecule has 1 atom stereocenters. The Balaban J connectivity index is 2.59. The van der Waals surface area contributed by atoms with Gasteiger partial charge in [-0.3, -0.25) is 4.98 Å². The molecular weight excluding hydrogens is 129 g/mol. The first-order chi connectivity index (χ1) is 4.79. The number of halogens is 1. The minimum absolute atomic E-state index is 0.433. The van der Waals surface area contributed by atoms with Crippen molar-refractivity contribution in [2.45, 2.75) is 19.5 Å². The van der Waals surface area contributed by atoms with Gasteiger partial charge in [0.25, 0.3) is 0 Å². The predicted octanol–water partition coefficient (Wildman–Crippen LogP) is 1.78. The van der Waals surface area contributed by atoms with Crippen molar-refractivity contribution in [3.63, 3.8) is 0 Å². The third kappa shape index (κ3) is 2.13. The average Bonchev–Trinajstić information content (AvgIpc) is 1.88. The Morgan fingerprint density at radius 2 is 2.60 bits per heavy atom. The van der Waals surface area contributed by atoms with Gasteiger partial charge in [-0.2, -0.15) is 0 Å². The third-order valence-electron chi connectivity index (χ3n) is 1.19. The van der Waals surface area contributed by atoms with Crippen LogP contribution in [-0.2, 0) is 6.42 Å². The van der Waals surface area contributed by atoms with Crippen LogP contribution in [0.15, 0.2) is 18.5 Å². The first-order valence-electron chi connectivity index (χ1n) is 3.23. The maximum Gasteiger partial charge on any atom is 0.101 e. The van der Waals surface area contributed by atoms with E-state index >= 15 is 0 Å². The van der Waals surface area contributed by atoms with Crippen LogP contribution in [0.3, 0.4) is 0 Å². The highest BCUT2D eigenvalue weighted by Crippen LogP contribution is 2.02. The molecule has 0 aliphatic heterocycles. The highest BCUT2D eigenvalue weighted by atomic mass is 19.1. The molecular formula is C8H9FN. The van der Waals surface area contributed by atoms with Crippen molar-refractivity contribution in [3.05, 3.63) is 30.1 Å². The van der Waals surface area contributed by atoms with Crippen LogP contribution in [0, 0.1) is 6.07 Å². The number of hydrogen-bond acceptors (Lipinski definition) is 1. The Hall–Kier alpha value is -0.920. The first kappa shape index (κ1) is 7.19. The van der Waals surface area contributed by atoms with Crippen LogP contribution < -0.4 is 0 Å². The van der Waals surface area contributed by atoms with Crippen molar-refractivity contribution in [1.29, 1.82) is 0 Å². The number of pyridine rings is 1. The number of alkyl halides is 1. The zero-order valence-electron chi connectivity index (χ0n) is 5.84. The summed E-state index contributed by atoms with van der Waals surface area (Å²) in [7, 11) is 0. The molecule has 1 unspecified atom stereocenters. The molecule has 0 amide bonds. The van der Waals surface area contributed by atoms with Crippen LogP contribution in [0.25, 0.3) is 0 Å². The van der Waals surface area contributed by atoms with Gasteiger partial charge in [-0.15, -0.1) is 0 Å². The third-order valence-corrected chi connectivity index (χ3v) is 1.19. The van der Waals surface area contributed by atoms with Crippen molar-refractivity contribution >= 4 is 0 Å². The topological polar surface area (TPSA) is 12.9 Å². The molecule has 10 heavy (non-hydrogen) atoms. The second-order valence-electron chi connectivity index (χ2n) is 2.25. The van der Waals surface area contributed by atoms with Gasteiger partial charge in [-0.25, -0.2) is 4.39 Å². The van der Waals surface area contributed by atoms with E-state index in [4.69, 9.17) is 0 Å². The summed E-state index contributed by atoms with van der Waals surface area (Å²) in [6.07, 6.45) is 2.84. The summed E-state index contributed by atoms with van der Waals surface area (Å²) in [6, 6.07) is 4.62. The minimum atomic E-state index is -0.793. The summed E-state index contributed by atoms with van der Waals surface area (Å²) in [4.78, 5) is 3.77. The van der Waals surface area contributed by atoms with E-state index in [1.165, 1.54) is 6.92 Å². The molecule has 0 aliphatic rings. The van der Waals surface area contributed by atoms with Crippen LogP contribution in [0.4, 0.5) is 4.39 Å². The van der Waals surface area contributed by atoms with E-state index in [1.807, 2.05) is 0 Å². The maximum absolute atomic E-state index is 12.3. The number of aromatic nitrogens is 1. The Bertz CT molecular complexity index is 184. The van der Waals surface area contributed by atoms with E-state index in [0.717, 1.165) is 5.56 Å². The van der Waals surface area contributed by atoms with Gasteiger partial charge < -0.3 is 0 Å². The normalized spacial score (nSPS) is 13.0. The smallest absolute Gasteiger partial charge is 0.101 e. The molecule has 0 fully saturated rings. The van der Waals surface area contributed by atoms with E-state index in [-0.39, 0.29) is 0 Å². The van der Waals surface area contributed by atoms with Crippen LogP contribution in [0.1, 0.15) is 12.5 Å². The molecule has 1 nitrogen and oxygen atoms in total. The fraction of sp³-hybridized carbons (Fsp3) is 0.375. The Morgan fingerprint density at radius 3 is 3.10 bits per heavy atom. The standard InChI is InChI=1S/C8H9FN/c1-7(9)6-8-2-4-10-5-3-8/h2,4-5,7H,6H2,1H3. The zero-order valence-corrected chi connectivity index (χ0v) is 5.84. The number of nitrogens with zero attached hydrogens (tertiary/aromatic N) is 1. The molecule has 0 aliphatic carbocycles. The van der Waals surface area contributed by atoms with Crippen LogP contribution in [-0.4, -0.2) is 11.2 Å². The molecule has 1 rings (SSSR count). The highest BCUT2D eigenvalue weighted by Gasteiger charge is 1.98. The van der Waals surface area contributed by atoms with Crippen LogP contribution >= 0.6 is 0 Å². The molecule has 0 bridgehead atoms. The largest absolute Gasteiger partial charge is 0.264 e. The molecule has 1 heterocycles. The fourth-order valence-corrected chi connectivity index (χ4v) is 0.774. The quantitative estimate of drug-likeness (QED) is 0.607. The summed E-state index contributed by atoms with van der Waals surface area (Å²) in [5, 5.41) is 0. The van der Waals surface area contributed by atoms with Crippen molar-refractivity contribution in [1.82, 2.24) is 4.98 Å². The van der Waals surface area contributed by atoms with E-state index < -0.39 is 6.17 Å². The summed E-state index contributed by atoms with van der Waals surface area (Å²) in [6.45, 7) is 1.54. The number of hydrogen-bond donors (Lipinski definition) is 0. The van der Waals surface area contributed by atoms with Crippen molar-refractivity contribution in [2.24, 2.45) is 0 Å². The molecule has 0 spiro atoms. The minimum Gasteiger partial charge on any atom is -0.264 e. The average molecular weight is 138 g/mol. The zero-order chi connectivity index (χ0) is 7.40. The lowest BCUT2D eigenvalue weighted by molar-refractivity contribution is 0.360. The van der Waals surface area contributed by atoms with Gasteiger partial charge >= 0.3 is 0 Å². The lowest BCUT2D eigenvalue weighted by Gasteiger charge is -1.98. The van der Waals surface area contributed by atoms with Crippen LogP contribution in [0.2, 0.25) is 0 Å². The monoisotopic (exact) mass is 138 g/mol. The van der Waals surface area contributed by atoms with Gasteiger partial charge in [0.2, 0.25) is 0 Å². The Labute approximate surface area is 59.9 Å². The molecule has 1 aromatic rings. The highest BCUT2D eigenvalue weighted by molar-refractivity contribution is 5.08.